The van der Waals surface area contributed by atoms with Gasteiger partial charge in [0.2, 0.25) is 0 Å². The van der Waals surface area contributed by atoms with Gasteiger partial charge in [0.05, 0.1) is 23.7 Å². The van der Waals surface area contributed by atoms with Crippen molar-refractivity contribution in [1.29, 1.82) is 0 Å². The summed E-state index contributed by atoms with van der Waals surface area (Å²) in [6.07, 6.45) is 3.68. The molecule has 0 radical (unpaired) electrons. The Bertz CT molecular complexity index is 949. The Morgan fingerprint density at radius 3 is 2.43 bits per heavy atom. The number of carbonyl (C=O) groups is 2. The highest BCUT2D eigenvalue weighted by atomic mass is 16.4. The molecule has 0 saturated heterocycles. The second-order valence-corrected chi connectivity index (χ2v) is 12.9. The number of fused-ring (bicyclic) bond motifs is 4. The molecule has 0 spiro atoms. The quantitative estimate of drug-likeness (QED) is 0.415. The monoisotopic (exact) mass is 488 g/mol. The van der Waals surface area contributed by atoms with Gasteiger partial charge in [0.1, 0.15) is 0 Å². The molecule has 35 heavy (non-hydrogen) atoms. The largest absolute Gasteiger partial charge is 0.481 e. The highest BCUT2D eigenvalue weighted by molar-refractivity contribution is 5.99. The maximum absolute atomic E-state index is 13.9. The number of carboxylic acid groups (broad SMARTS) is 1. The summed E-state index contributed by atoms with van der Waals surface area (Å²) in [5.74, 6) is -0.914. The number of aliphatic hydroxyl groups is 3. The first-order chi connectivity index (χ1) is 16.2. The maximum atomic E-state index is 13.9. The van der Waals surface area contributed by atoms with Crippen LogP contribution in [0.5, 0.6) is 0 Å². The van der Waals surface area contributed by atoms with Crippen molar-refractivity contribution in [3.63, 3.8) is 0 Å². The van der Waals surface area contributed by atoms with Gasteiger partial charge in [-0.15, -0.1) is 0 Å². The standard InChI is InChI=1S/C29H44O6/c1-15(17(3)26(33)34)7-8-16(2)18-9-10-19-24-20(30)13-22-27(4,12-11-23(32)29(22,6)35)25(24)21(31)14-28(18,19)5/h16-20,22-23,30,32,35H,1,7-14H2,2-6H3,(H,33,34)/t16-,17?,18-,19+,20?,22?,23+,27+,28-,29-/m1/s1. The molecule has 4 aliphatic carbocycles. The third-order valence-corrected chi connectivity index (χ3v) is 11.0. The number of carboxylic acids is 1. The molecule has 6 heteroatoms. The van der Waals surface area contributed by atoms with Crippen LogP contribution in [0, 0.1) is 40.4 Å². The summed E-state index contributed by atoms with van der Waals surface area (Å²) in [6.45, 7) is 13.8. The Morgan fingerprint density at radius 2 is 1.80 bits per heavy atom. The molecule has 4 N–H and O–H groups in total. The average Bonchev–Trinajstić information content (AvgIpc) is 3.12. The average molecular weight is 489 g/mol. The minimum atomic E-state index is -1.34. The normalized spacial score (nSPS) is 44.8. The first kappa shape index (κ1) is 26.6. The zero-order valence-electron chi connectivity index (χ0n) is 22.0. The van der Waals surface area contributed by atoms with E-state index in [0.717, 1.165) is 36.0 Å². The third-order valence-electron chi connectivity index (χ3n) is 11.0. The van der Waals surface area contributed by atoms with Gasteiger partial charge in [-0.25, -0.2) is 0 Å². The van der Waals surface area contributed by atoms with Gasteiger partial charge in [0, 0.05) is 23.3 Å². The van der Waals surface area contributed by atoms with Crippen LogP contribution in [0.3, 0.4) is 0 Å². The number of carbonyl (C=O) groups excluding carboxylic acids is 1. The summed E-state index contributed by atoms with van der Waals surface area (Å²) in [6, 6.07) is 0. The van der Waals surface area contributed by atoms with Crippen LogP contribution in [-0.2, 0) is 9.59 Å². The van der Waals surface area contributed by atoms with E-state index in [0.29, 0.717) is 43.9 Å². The number of rotatable bonds is 6. The highest BCUT2D eigenvalue weighted by Gasteiger charge is 2.63. The topological polar surface area (TPSA) is 115 Å². The molecule has 0 aliphatic heterocycles. The molecule has 3 unspecified atom stereocenters. The number of ketones is 1. The molecule has 0 aromatic heterocycles. The number of hydrogen-bond donors (Lipinski definition) is 4. The molecule has 2 saturated carbocycles. The number of aliphatic carboxylic acids is 1. The minimum absolute atomic E-state index is 0.0974. The fraction of sp³-hybridized carbons (Fsp3) is 0.793. The van der Waals surface area contributed by atoms with Crippen LogP contribution in [0.2, 0.25) is 0 Å². The summed E-state index contributed by atoms with van der Waals surface area (Å²) >= 11 is 0. The lowest BCUT2D eigenvalue weighted by atomic mass is 9.47. The predicted octanol–water partition coefficient (Wildman–Crippen LogP) is 4.27. The van der Waals surface area contributed by atoms with Crippen LogP contribution < -0.4 is 0 Å². The third kappa shape index (κ3) is 3.95. The fourth-order valence-corrected chi connectivity index (χ4v) is 8.71. The second-order valence-electron chi connectivity index (χ2n) is 12.9. The maximum Gasteiger partial charge on any atom is 0.310 e. The molecule has 0 amide bonds. The lowest BCUT2D eigenvalue weighted by molar-refractivity contribution is -0.174. The first-order valence-electron chi connectivity index (χ1n) is 13.4. The molecule has 2 fully saturated rings. The number of Topliss-reactive ketones (excluding diaryl/α,β-unsaturated/α-hetero) is 1. The van der Waals surface area contributed by atoms with E-state index in [1.54, 1.807) is 13.8 Å². The van der Waals surface area contributed by atoms with Gasteiger partial charge in [0.25, 0.3) is 0 Å². The second kappa shape index (κ2) is 8.81. The van der Waals surface area contributed by atoms with Crippen LogP contribution >= 0.6 is 0 Å². The molecular weight excluding hydrogens is 444 g/mol. The SMILES string of the molecule is C=C(CC[C@@H](C)[C@H]1CC[C@H]2C3=C(C(=O)C[C@]12C)[C@@]1(C)CC[C@H](O)[C@](C)(O)C1CC3O)C(C)C(=O)O. The van der Waals surface area contributed by atoms with Gasteiger partial charge in [-0.2, -0.15) is 0 Å². The van der Waals surface area contributed by atoms with E-state index in [1.807, 2.05) is 0 Å². The van der Waals surface area contributed by atoms with E-state index >= 15 is 0 Å². The predicted molar refractivity (Wildman–Crippen MR) is 133 cm³/mol. The van der Waals surface area contributed by atoms with Crippen LogP contribution in [-0.4, -0.2) is 50.0 Å². The summed E-state index contributed by atoms with van der Waals surface area (Å²) in [7, 11) is 0. The summed E-state index contributed by atoms with van der Waals surface area (Å²) < 4.78 is 0. The lowest BCUT2D eigenvalue weighted by Gasteiger charge is -2.59. The Morgan fingerprint density at radius 1 is 1.14 bits per heavy atom. The Hall–Kier alpha value is -1.50. The van der Waals surface area contributed by atoms with E-state index in [1.165, 1.54) is 0 Å². The summed E-state index contributed by atoms with van der Waals surface area (Å²) in [5, 5.41) is 42.4. The molecular formula is C29H44O6. The molecule has 0 heterocycles. The molecule has 4 aliphatic rings. The van der Waals surface area contributed by atoms with Gasteiger partial charge < -0.3 is 20.4 Å². The fourth-order valence-electron chi connectivity index (χ4n) is 8.71. The minimum Gasteiger partial charge on any atom is -0.481 e. The van der Waals surface area contributed by atoms with Gasteiger partial charge in [-0.3, -0.25) is 9.59 Å². The van der Waals surface area contributed by atoms with E-state index in [4.69, 9.17) is 0 Å². The van der Waals surface area contributed by atoms with Crippen molar-refractivity contribution in [1.82, 2.24) is 0 Å². The van der Waals surface area contributed by atoms with E-state index in [9.17, 15) is 30.0 Å². The zero-order valence-corrected chi connectivity index (χ0v) is 22.0. The molecule has 0 aromatic rings. The Balaban J connectivity index is 1.62. The number of allylic oxidation sites excluding steroid dienone is 1. The van der Waals surface area contributed by atoms with Gasteiger partial charge in [-0.1, -0.05) is 32.9 Å². The van der Waals surface area contributed by atoms with Crippen molar-refractivity contribution in [2.24, 2.45) is 40.4 Å². The molecule has 196 valence electrons. The Kier molecular flexibility index (Phi) is 6.69. The van der Waals surface area contributed by atoms with Crippen molar-refractivity contribution in [2.75, 3.05) is 0 Å². The van der Waals surface area contributed by atoms with Crippen molar-refractivity contribution < 1.29 is 30.0 Å². The first-order valence-corrected chi connectivity index (χ1v) is 13.4. The lowest BCUT2D eigenvalue weighted by Crippen LogP contribution is -2.61. The molecule has 6 nitrogen and oxygen atoms in total. The van der Waals surface area contributed by atoms with E-state index < -0.39 is 35.1 Å². The van der Waals surface area contributed by atoms with Crippen LogP contribution in [0.25, 0.3) is 0 Å². The Labute approximate surface area is 209 Å². The highest BCUT2D eigenvalue weighted by Crippen LogP contribution is 2.66. The zero-order chi connectivity index (χ0) is 26.1. The molecule has 4 rings (SSSR count). The van der Waals surface area contributed by atoms with Gasteiger partial charge in [0.15, 0.2) is 5.78 Å². The van der Waals surface area contributed by atoms with Crippen LogP contribution in [0.15, 0.2) is 23.3 Å². The van der Waals surface area contributed by atoms with Crippen LogP contribution in [0.1, 0.15) is 86.0 Å². The van der Waals surface area contributed by atoms with Gasteiger partial charge >= 0.3 is 5.97 Å². The number of hydrogen-bond acceptors (Lipinski definition) is 5. The molecule has 0 aromatic carbocycles. The van der Waals surface area contributed by atoms with E-state index in [2.05, 4.69) is 27.4 Å². The van der Waals surface area contributed by atoms with Crippen molar-refractivity contribution >= 4 is 11.8 Å². The van der Waals surface area contributed by atoms with Gasteiger partial charge in [-0.05, 0) is 87.5 Å². The number of aliphatic hydroxyl groups excluding tert-OH is 2. The van der Waals surface area contributed by atoms with E-state index in [-0.39, 0.29) is 23.0 Å². The molecule has 10 atom stereocenters. The smallest absolute Gasteiger partial charge is 0.310 e. The van der Waals surface area contributed by atoms with Crippen LogP contribution in [0.4, 0.5) is 0 Å². The van der Waals surface area contributed by atoms with Crippen molar-refractivity contribution in [3.8, 4) is 0 Å². The summed E-state index contributed by atoms with van der Waals surface area (Å²) in [5.41, 5.74) is 0.277. The molecule has 0 bridgehead atoms. The van der Waals surface area contributed by atoms with Crippen molar-refractivity contribution in [3.05, 3.63) is 23.3 Å². The van der Waals surface area contributed by atoms with Crippen molar-refractivity contribution in [2.45, 2.75) is 104 Å². The summed E-state index contributed by atoms with van der Waals surface area (Å²) in [4.78, 5) is 25.2.